The maximum atomic E-state index is 3.60. The van der Waals surface area contributed by atoms with Gasteiger partial charge in [-0.25, -0.2) is 0 Å². The van der Waals surface area contributed by atoms with Crippen LogP contribution in [-0.4, -0.2) is 36.6 Å². The first kappa shape index (κ1) is 16.0. The zero-order valence-corrected chi connectivity index (χ0v) is 13.3. The molecule has 0 radical (unpaired) electrons. The molecule has 1 aliphatic heterocycles. The Morgan fingerprint density at radius 3 is 2.17 bits per heavy atom. The highest BCUT2D eigenvalue weighted by Crippen LogP contribution is 2.30. The average molecular weight is 254 g/mol. The standard InChI is InChI=1S/C16H34N2/c1-6-16(4,18-12-8-7-9-13-18)15(17-5)11-10-14(2)3/h14-15,17H,6-13H2,1-5H3. The van der Waals surface area contributed by atoms with E-state index in [1.54, 1.807) is 0 Å². The molecule has 0 aromatic heterocycles. The summed E-state index contributed by atoms with van der Waals surface area (Å²) in [7, 11) is 2.14. The Kier molecular flexibility index (Phi) is 6.65. The van der Waals surface area contributed by atoms with Crippen LogP contribution in [0, 0.1) is 5.92 Å². The third-order valence-electron chi connectivity index (χ3n) is 4.93. The normalized spacial score (nSPS) is 23.0. The minimum absolute atomic E-state index is 0.337. The van der Waals surface area contributed by atoms with Crippen molar-refractivity contribution in [1.29, 1.82) is 0 Å². The van der Waals surface area contributed by atoms with E-state index in [1.165, 1.54) is 51.6 Å². The van der Waals surface area contributed by atoms with Crippen molar-refractivity contribution in [2.45, 2.75) is 77.8 Å². The van der Waals surface area contributed by atoms with E-state index in [-0.39, 0.29) is 0 Å². The summed E-state index contributed by atoms with van der Waals surface area (Å²) >= 11 is 0. The molecule has 2 nitrogen and oxygen atoms in total. The fourth-order valence-electron chi connectivity index (χ4n) is 3.36. The molecule has 2 atom stereocenters. The molecular formula is C16H34N2. The smallest absolute Gasteiger partial charge is 0.0331 e. The van der Waals surface area contributed by atoms with Gasteiger partial charge in [0, 0.05) is 11.6 Å². The molecule has 0 spiro atoms. The van der Waals surface area contributed by atoms with Gasteiger partial charge >= 0.3 is 0 Å². The summed E-state index contributed by atoms with van der Waals surface area (Å²) in [6.07, 6.45) is 8.07. The lowest BCUT2D eigenvalue weighted by atomic mass is 9.82. The van der Waals surface area contributed by atoms with E-state index in [0.29, 0.717) is 11.6 Å². The van der Waals surface area contributed by atoms with Gasteiger partial charge in [-0.05, 0) is 65.1 Å². The van der Waals surface area contributed by atoms with Gasteiger partial charge in [0.15, 0.2) is 0 Å². The SMILES string of the molecule is CCC(C)(C(CCC(C)C)NC)N1CCCCC1. The summed E-state index contributed by atoms with van der Waals surface area (Å²) in [6.45, 7) is 12.1. The first-order valence-electron chi connectivity index (χ1n) is 7.97. The highest BCUT2D eigenvalue weighted by molar-refractivity contribution is 4.96. The zero-order chi connectivity index (χ0) is 13.6. The van der Waals surface area contributed by atoms with Crippen molar-refractivity contribution in [2.75, 3.05) is 20.1 Å². The molecule has 2 unspecified atom stereocenters. The Labute approximate surface area is 115 Å². The fraction of sp³-hybridized carbons (Fsp3) is 1.00. The Morgan fingerprint density at radius 1 is 1.11 bits per heavy atom. The predicted octanol–water partition coefficient (Wildman–Crippen LogP) is 3.67. The van der Waals surface area contributed by atoms with Crippen LogP contribution in [0.2, 0.25) is 0 Å². The van der Waals surface area contributed by atoms with Gasteiger partial charge in [0.05, 0.1) is 0 Å². The number of piperidine rings is 1. The van der Waals surface area contributed by atoms with Crippen molar-refractivity contribution in [2.24, 2.45) is 5.92 Å². The fourth-order valence-corrected chi connectivity index (χ4v) is 3.36. The lowest BCUT2D eigenvalue weighted by molar-refractivity contribution is 0.0410. The van der Waals surface area contributed by atoms with Crippen molar-refractivity contribution in [1.82, 2.24) is 10.2 Å². The van der Waals surface area contributed by atoms with Crippen LogP contribution in [-0.2, 0) is 0 Å². The minimum Gasteiger partial charge on any atom is -0.315 e. The third kappa shape index (κ3) is 3.96. The van der Waals surface area contributed by atoms with E-state index in [9.17, 15) is 0 Å². The van der Waals surface area contributed by atoms with Crippen LogP contribution >= 0.6 is 0 Å². The molecule has 1 saturated heterocycles. The molecule has 0 bridgehead atoms. The summed E-state index contributed by atoms with van der Waals surface area (Å²) in [4.78, 5) is 2.75. The van der Waals surface area contributed by atoms with E-state index in [2.05, 4.69) is 45.0 Å². The average Bonchev–Trinajstić information content (AvgIpc) is 2.39. The molecule has 18 heavy (non-hydrogen) atoms. The van der Waals surface area contributed by atoms with Crippen LogP contribution in [0.25, 0.3) is 0 Å². The second kappa shape index (κ2) is 7.49. The van der Waals surface area contributed by atoms with Crippen molar-refractivity contribution < 1.29 is 0 Å². The number of likely N-dealkylation sites (tertiary alicyclic amines) is 1. The summed E-state index contributed by atoms with van der Waals surface area (Å²) in [5.74, 6) is 0.809. The lowest BCUT2D eigenvalue weighted by Gasteiger charge is -2.48. The molecule has 1 N–H and O–H groups in total. The number of rotatable bonds is 7. The van der Waals surface area contributed by atoms with E-state index in [0.717, 1.165) is 5.92 Å². The Morgan fingerprint density at radius 2 is 1.72 bits per heavy atom. The lowest BCUT2D eigenvalue weighted by Crippen LogP contribution is -2.59. The van der Waals surface area contributed by atoms with Crippen LogP contribution in [0.1, 0.15) is 66.2 Å². The van der Waals surface area contributed by atoms with E-state index in [1.807, 2.05) is 0 Å². The summed E-state index contributed by atoms with van der Waals surface area (Å²) < 4.78 is 0. The van der Waals surface area contributed by atoms with Crippen molar-refractivity contribution in [3.63, 3.8) is 0 Å². The molecule has 0 saturated carbocycles. The molecule has 0 aromatic rings. The van der Waals surface area contributed by atoms with Crippen LogP contribution in [0.5, 0.6) is 0 Å². The second-order valence-electron chi connectivity index (χ2n) is 6.57. The maximum Gasteiger partial charge on any atom is 0.0331 e. The molecule has 0 amide bonds. The summed E-state index contributed by atoms with van der Waals surface area (Å²) in [5.41, 5.74) is 0.337. The Hall–Kier alpha value is -0.0800. The second-order valence-corrected chi connectivity index (χ2v) is 6.57. The van der Waals surface area contributed by atoms with Gasteiger partial charge in [-0.3, -0.25) is 4.90 Å². The molecule has 2 heteroatoms. The number of hydrogen-bond acceptors (Lipinski definition) is 2. The van der Waals surface area contributed by atoms with Gasteiger partial charge in [0.25, 0.3) is 0 Å². The van der Waals surface area contributed by atoms with Crippen molar-refractivity contribution >= 4 is 0 Å². The van der Waals surface area contributed by atoms with Gasteiger partial charge in [-0.15, -0.1) is 0 Å². The van der Waals surface area contributed by atoms with Crippen molar-refractivity contribution in [3.8, 4) is 0 Å². The summed E-state index contributed by atoms with van der Waals surface area (Å²) in [6, 6.07) is 0.628. The van der Waals surface area contributed by atoms with Crippen LogP contribution in [0.15, 0.2) is 0 Å². The molecular weight excluding hydrogens is 220 g/mol. The molecule has 0 aromatic carbocycles. The monoisotopic (exact) mass is 254 g/mol. The van der Waals surface area contributed by atoms with Crippen LogP contribution in [0.4, 0.5) is 0 Å². The molecule has 1 fully saturated rings. The van der Waals surface area contributed by atoms with Gasteiger partial charge in [0.2, 0.25) is 0 Å². The maximum absolute atomic E-state index is 3.60. The van der Waals surface area contributed by atoms with Crippen molar-refractivity contribution in [3.05, 3.63) is 0 Å². The minimum atomic E-state index is 0.337. The number of nitrogens with one attached hydrogen (secondary N) is 1. The first-order valence-corrected chi connectivity index (χ1v) is 7.97. The molecule has 1 heterocycles. The molecule has 1 aliphatic rings. The van der Waals surface area contributed by atoms with Gasteiger partial charge < -0.3 is 5.32 Å². The Balaban J connectivity index is 2.68. The van der Waals surface area contributed by atoms with E-state index >= 15 is 0 Å². The number of hydrogen-bond donors (Lipinski definition) is 1. The van der Waals surface area contributed by atoms with Gasteiger partial charge in [-0.2, -0.15) is 0 Å². The quantitative estimate of drug-likeness (QED) is 0.746. The first-order chi connectivity index (χ1) is 8.54. The van der Waals surface area contributed by atoms with Crippen LogP contribution in [0.3, 0.4) is 0 Å². The largest absolute Gasteiger partial charge is 0.315 e. The highest BCUT2D eigenvalue weighted by atomic mass is 15.2. The third-order valence-corrected chi connectivity index (χ3v) is 4.93. The molecule has 1 rings (SSSR count). The summed E-state index contributed by atoms with van der Waals surface area (Å²) in [5, 5.41) is 3.60. The van der Waals surface area contributed by atoms with Crippen LogP contribution < -0.4 is 5.32 Å². The number of nitrogens with zero attached hydrogens (tertiary/aromatic N) is 1. The van der Waals surface area contributed by atoms with Gasteiger partial charge in [0.1, 0.15) is 0 Å². The zero-order valence-electron chi connectivity index (χ0n) is 13.3. The molecule has 0 aliphatic carbocycles. The number of likely N-dealkylation sites (N-methyl/N-ethyl adjacent to an activating group) is 1. The Bertz CT molecular complexity index is 221. The van der Waals surface area contributed by atoms with Gasteiger partial charge in [-0.1, -0.05) is 27.2 Å². The highest BCUT2D eigenvalue weighted by Gasteiger charge is 2.37. The predicted molar refractivity (Wildman–Crippen MR) is 81.0 cm³/mol. The van der Waals surface area contributed by atoms with E-state index < -0.39 is 0 Å². The molecule has 108 valence electrons. The topological polar surface area (TPSA) is 15.3 Å². The van der Waals surface area contributed by atoms with E-state index in [4.69, 9.17) is 0 Å².